The SMILES string of the molecule is CCC(C)c1ccc(C(Br)c2ccccc2F)cc1. The molecular weight excluding hydrogens is 303 g/mol. The van der Waals surface area contributed by atoms with E-state index in [1.165, 1.54) is 11.6 Å². The van der Waals surface area contributed by atoms with Crippen molar-refractivity contribution in [2.45, 2.75) is 31.0 Å². The van der Waals surface area contributed by atoms with Gasteiger partial charge in [0.25, 0.3) is 0 Å². The van der Waals surface area contributed by atoms with E-state index in [9.17, 15) is 4.39 Å². The van der Waals surface area contributed by atoms with Gasteiger partial charge >= 0.3 is 0 Å². The molecule has 0 amide bonds. The zero-order valence-electron chi connectivity index (χ0n) is 11.2. The fourth-order valence-electron chi connectivity index (χ4n) is 2.09. The summed E-state index contributed by atoms with van der Waals surface area (Å²) in [5.74, 6) is 0.395. The summed E-state index contributed by atoms with van der Waals surface area (Å²) in [5, 5.41) is 0. The van der Waals surface area contributed by atoms with Crippen LogP contribution in [0.1, 0.15) is 47.7 Å². The quantitative estimate of drug-likeness (QED) is 0.622. The van der Waals surface area contributed by atoms with Crippen LogP contribution in [0.4, 0.5) is 4.39 Å². The van der Waals surface area contributed by atoms with Crippen LogP contribution in [0, 0.1) is 5.82 Å². The summed E-state index contributed by atoms with van der Waals surface area (Å²) in [5.41, 5.74) is 3.09. The first-order chi connectivity index (χ1) is 9.13. The van der Waals surface area contributed by atoms with Crippen LogP contribution < -0.4 is 0 Å². The van der Waals surface area contributed by atoms with Gasteiger partial charge < -0.3 is 0 Å². The van der Waals surface area contributed by atoms with Crippen LogP contribution in [0.5, 0.6) is 0 Å². The highest BCUT2D eigenvalue weighted by molar-refractivity contribution is 9.09. The van der Waals surface area contributed by atoms with Crippen LogP contribution in [0.3, 0.4) is 0 Å². The van der Waals surface area contributed by atoms with E-state index in [0.717, 1.165) is 12.0 Å². The number of hydrogen-bond donors (Lipinski definition) is 0. The van der Waals surface area contributed by atoms with E-state index < -0.39 is 0 Å². The van der Waals surface area contributed by atoms with Gasteiger partial charge in [-0.3, -0.25) is 0 Å². The predicted octanol–water partition coefficient (Wildman–Crippen LogP) is 5.82. The molecule has 0 aliphatic heterocycles. The van der Waals surface area contributed by atoms with Gasteiger partial charge in [0.15, 0.2) is 0 Å². The first-order valence-electron chi connectivity index (χ1n) is 6.61. The molecular formula is C17H18BrF. The molecule has 2 atom stereocenters. The van der Waals surface area contributed by atoms with Gasteiger partial charge in [-0.25, -0.2) is 4.39 Å². The molecule has 2 unspecified atom stereocenters. The number of hydrogen-bond acceptors (Lipinski definition) is 0. The number of rotatable bonds is 4. The topological polar surface area (TPSA) is 0 Å². The maximum atomic E-state index is 13.8. The Morgan fingerprint density at radius 1 is 1.00 bits per heavy atom. The lowest BCUT2D eigenvalue weighted by Crippen LogP contribution is -1.97. The minimum Gasteiger partial charge on any atom is -0.207 e. The van der Waals surface area contributed by atoms with Gasteiger partial charge in [0, 0.05) is 5.56 Å². The Hall–Kier alpha value is -1.15. The molecule has 0 bridgehead atoms. The van der Waals surface area contributed by atoms with Gasteiger partial charge in [0.2, 0.25) is 0 Å². The van der Waals surface area contributed by atoms with Crippen molar-refractivity contribution in [3.8, 4) is 0 Å². The Balaban J connectivity index is 2.25. The highest BCUT2D eigenvalue weighted by Crippen LogP contribution is 2.33. The van der Waals surface area contributed by atoms with E-state index in [1.807, 2.05) is 12.1 Å². The van der Waals surface area contributed by atoms with Crippen LogP contribution in [0.25, 0.3) is 0 Å². The van der Waals surface area contributed by atoms with Crippen molar-refractivity contribution < 1.29 is 4.39 Å². The zero-order valence-corrected chi connectivity index (χ0v) is 12.8. The molecule has 100 valence electrons. The minimum absolute atomic E-state index is 0.0975. The van der Waals surface area contributed by atoms with Crippen molar-refractivity contribution >= 4 is 15.9 Å². The minimum atomic E-state index is -0.171. The molecule has 0 saturated carbocycles. The number of halogens is 2. The van der Waals surface area contributed by atoms with E-state index in [2.05, 4.69) is 54.0 Å². The van der Waals surface area contributed by atoms with Crippen LogP contribution in [-0.2, 0) is 0 Å². The normalized spacial score (nSPS) is 14.1. The number of alkyl halides is 1. The van der Waals surface area contributed by atoms with Crippen LogP contribution in [0.15, 0.2) is 48.5 Å². The highest BCUT2D eigenvalue weighted by atomic mass is 79.9. The van der Waals surface area contributed by atoms with E-state index in [0.29, 0.717) is 11.5 Å². The van der Waals surface area contributed by atoms with Gasteiger partial charge in [-0.2, -0.15) is 0 Å². The lowest BCUT2D eigenvalue weighted by molar-refractivity contribution is 0.613. The zero-order chi connectivity index (χ0) is 13.8. The van der Waals surface area contributed by atoms with Crippen molar-refractivity contribution in [1.82, 2.24) is 0 Å². The maximum absolute atomic E-state index is 13.8. The van der Waals surface area contributed by atoms with Crippen LogP contribution in [0.2, 0.25) is 0 Å². The summed E-state index contributed by atoms with van der Waals surface area (Å²) in [4.78, 5) is -0.0975. The lowest BCUT2D eigenvalue weighted by Gasteiger charge is -2.14. The molecule has 0 fully saturated rings. The molecule has 0 radical (unpaired) electrons. The Kier molecular flexibility index (Phi) is 4.76. The molecule has 2 aromatic rings. The smallest absolute Gasteiger partial charge is 0.127 e. The van der Waals surface area contributed by atoms with E-state index >= 15 is 0 Å². The van der Waals surface area contributed by atoms with Gasteiger partial charge in [-0.05, 0) is 29.5 Å². The average Bonchev–Trinajstić information content (AvgIpc) is 2.46. The van der Waals surface area contributed by atoms with Gasteiger partial charge in [0.1, 0.15) is 5.82 Å². The molecule has 2 aromatic carbocycles. The van der Waals surface area contributed by atoms with E-state index in [4.69, 9.17) is 0 Å². The Bertz CT molecular complexity index is 533. The first-order valence-corrected chi connectivity index (χ1v) is 7.53. The third kappa shape index (κ3) is 3.24. The van der Waals surface area contributed by atoms with Crippen molar-refractivity contribution in [1.29, 1.82) is 0 Å². The van der Waals surface area contributed by atoms with E-state index in [-0.39, 0.29) is 10.6 Å². The first kappa shape index (κ1) is 14.3. The Labute approximate surface area is 122 Å². The summed E-state index contributed by atoms with van der Waals surface area (Å²) in [6.07, 6.45) is 1.13. The summed E-state index contributed by atoms with van der Waals surface area (Å²) < 4.78 is 13.8. The fourth-order valence-corrected chi connectivity index (χ4v) is 2.77. The van der Waals surface area contributed by atoms with Gasteiger partial charge in [0.05, 0.1) is 4.83 Å². The van der Waals surface area contributed by atoms with Gasteiger partial charge in [-0.1, -0.05) is 72.2 Å². The second kappa shape index (κ2) is 6.33. The molecule has 0 aromatic heterocycles. The van der Waals surface area contributed by atoms with Crippen LogP contribution in [-0.4, -0.2) is 0 Å². The summed E-state index contributed by atoms with van der Waals surface area (Å²) in [6.45, 7) is 4.41. The van der Waals surface area contributed by atoms with Crippen molar-refractivity contribution in [2.75, 3.05) is 0 Å². The molecule has 0 N–H and O–H groups in total. The highest BCUT2D eigenvalue weighted by Gasteiger charge is 2.14. The average molecular weight is 321 g/mol. The van der Waals surface area contributed by atoms with Crippen molar-refractivity contribution in [2.24, 2.45) is 0 Å². The molecule has 2 heteroatoms. The molecule has 0 aliphatic carbocycles. The molecule has 2 rings (SSSR count). The summed E-state index contributed by atoms with van der Waals surface area (Å²) in [6, 6.07) is 15.3. The second-order valence-electron chi connectivity index (χ2n) is 4.86. The largest absolute Gasteiger partial charge is 0.207 e. The summed E-state index contributed by atoms with van der Waals surface area (Å²) >= 11 is 3.58. The fraction of sp³-hybridized carbons (Fsp3) is 0.294. The van der Waals surface area contributed by atoms with Crippen molar-refractivity contribution in [3.05, 3.63) is 71.0 Å². The standard InChI is InChI=1S/C17H18BrF/c1-3-12(2)13-8-10-14(11-9-13)17(18)15-6-4-5-7-16(15)19/h4-12,17H,3H2,1-2H3. The maximum Gasteiger partial charge on any atom is 0.127 e. The molecule has 0 spiro atoms. The molecule has 0 saturated heterocycles. The molecule has 0 aliphatic rings. The molecule has 0 nitrogen and oxygen atoms in total. The molecule has 0 heterocycles. The van der Waals surface area contributed by atoms with E-state index in [1.54, 1.807) is 6.07 Å². The Morgan fingerprint density at radius 2 is 1.58 bits per heavy atom. The second-order valence-corrected chi connectivity index (χ2v) is 5.78. The number of benzene rings is 2. The lowest BCUT2D eigenvalue weighted by atomic mass is 9.96. The predicted molar refractivity (Wildman–Crippen MR) is 82.3 cm³/mol. The molecule has 19 heavy (non-hydrogen) atoms. The monoisotopic (exact) mass is 320 g/mol. The third-order valence-corrected chi connectivity index (χ3v) is 4.61. The van der Waals surface area contributed by atoms with Crippen LogP contribution >= 0.6 is 15.9 Å². The van der Waals surface area contributed by atoms with Gasteiger partial charge in [-0.15, -0.1) is 0 Å². The van der Waals surface area contributed by atoms with Crippen molar-refractivity contribution in [3.63, 3.8) is 0 Å². The third-order valence-electron chi connectivity index (χ3n) is 3.59. The summed E-state index contributed by atoms with van der Waals surface area (Å²) in [7, 11) is 0. The Morgan fingerprint density at radius 3 is 2.16 bits per heavy atom.